The minimum absolute atomic E-state index is 0.0462. The molecule has 24 heavy (non-hydrogen) atoms. The number of rotatable bonds is 1. The van der Waals surface area contributed by atoms with Crippen molar-refractivity contribution in [1.82, 2.24) is 24.3 Å². The Morgan fingerprint density at radius 3 is 2.67 bits per heavy atom. The summed E-state index contributed by atoms with van der Waals surface area (Å²) in [5, 5.41) is 3.59. The van der Waals surface area contributed by atoms with Gasteiger partial charge < -0.3 is 10.2 Å². The number of hydrogen-bond donors (Lipinski definition) is 1. The lowest BCUT2D eigenvalue weighted by molar-refractivity contribution is 0.0602. The maximum atomic E-state index is 12.8. The van der Waals surface area contributed by atoms with E-state index in [1.807, 2.05) is 13.8 Å². The van der Waals surface area contributed by atoms with Crippen LogP contribution in [-0.4, -0.2) is 50.1 Å². The van der Waals surface area contributed by atoms with Gasteiger partial charge in [0.25, 0.3) is 11.5 Å². The predicted molar refractivity (Wildman–Crippen MR) is 90.2 cm³/mol. The Morgan fingerprint density at radius 1 is 1.25 bits per heavy atom. The van der Waals surface area contributed by atoms with Gasteiger partial charge >= 0.3 is 5.69 Å². The first-order valence-electron chi connectivity index (χ1n) is 7.93. The van der Waals surface area contributed by atoms with Crippen LogP contribution >= 0.6 is 0 Å². The van der Waals surface area contributed by atoms with Gasteiger partial charge in [-0.1, -0.05) is 0 Å². The molecule has 2 aromatic rings. The molecule has 1 aliphatic heterocycles. The third-order valence-electron chi connectivity index (χ3n) is 4.84. The molecule has 0 radical (unpaired) electrons. The number of piperazine rings is 1. The SMILES string of the molecule is CC1NCCN(C(=O)c2cnc3c(c2)c(=O)n(C)c(=O)n3C)C1C. The van der Waals surface area contributed by atoms with Gasteiger partial charge in [-0.2, -0.15) is 0 Å². The summed E-state index contributed by atoms with van der Waals surface area (Å²) in [6.45, 7) is 5.36. The molecule has 0 aromatic carbocycles. The van der Waals surface area contributed by atoms with E-state index in [-0.39, 0.29) is 29.0 Å². The fourth-order valence-electron chi connectivity index (χ4n) is 3.09. The Morgan fingerprint density at radius 2 is 1.96 bits per heavy atom. The number of hydrogen-bond acceptors (Lipinski definition) is 5. The van der Waals surface area contributed by atoms with Crippen LogP contribution in [0.3, 0.4) is 0 Å². The van der Waals surface area contributed by atoms with Gasteiger partial charge in [-0.3, -0.25) is 18.7 Å². The Balaban J connectivity index is 2.10. The monoisotopic (exact) mass is 331 g/mol. The first-order valence-corrected chi connectivity index (χ1v) is 7.93. The fraction of sp³-hybridized carbons (Fsp3) is 0.500. The van der Waals surface area contributed by atoms with E-state index >= 15 is 0 Å². The number of amides is 1. The molecule has 0 bridgehead atoms. The number of fused-ring (bicyclic) bond motifs is 1. The summed E-state index contributed by atoms with van der Waals surface area (Å²) < 4.78 is 2.33. The lowest BCUT2D eigenvalue weighted by atomic mass is 10.1. The maximum Gasteiger partial charge on any atom is 0.332 e. The van der Waals surface area contributed by atoms with Gasteiger partial charge in [0, 0.05) is 45.5 Å². The zero-order chi connectivity index (χ0) is 17.6. The summed E-state index contributed by atoms with van der Waals surface area (Å²) in [6, 6.07) is 1.78. The van der Waals surface area contributed by atoms with Crippen molar-refractivity contribution in [2.24, 2.45) is 14.1 Å². The molecule has 0 saturated carbocycles. The highest BCUT2D eigenvalue weighted by atomic mass is 16.2. The summed E-state index contributed by atoms with van der Waals surface area (Å²) >= 11 is 0. The fourth-order valence-corrected chi connectivity index (χ4v) is 3.09. The first kappa shape index (κ1) is 16.4. The molecule has 1 aliphatic rings. The van der Waals surface area contributed by atoms with E-state index < -0.39 is 11.2 Å². The van der Waals surface area contributed by atoms with E-state index in [0.717, 1.165) is 11.1 Å². The summed E-state index contributed by atoms with van der Waals surface area (Å²) in [5.74, 6) is -0.152. The maximum absolute atomic E-state index is 12.8. The smallest absolute Gasteiger partial charge is 0.332 e. The van der Waals surface area contributed by atoms with Gasteiger partial charge in [0.05, 0.1) is 10.9 Å². The molecule has 1 fully saturated rings. The van der Waals surface area contributed by atoms with Crippen molar-refractivity contribution < 1.29 is 4.79 Å². The molecule has 2 aromatic heterocycles. The third-order valence-corrected chi connectivity index (χ3v) is 4.84. The number of carbonyl (C=O) groups is 1. The van der Waals surface area contributed by atoms with Crippen LogP contribution in [0.1, 0.15) is 24.2 Å². The standard InChI is InChI=1S/C16H21N5O3/c1-9-10(2)21(6-5-17-9)14(22)11-7-12-13(18-8-11)19(3)16(24)20(4)15(12)23/h7-10,17H,5-6H2,1-4H3. The molecule has 1 amide bonds. The second kappa shape index (κ2) is 5.86. The van der Waals surface area contributed by atoms with Crippen molar-refractivity contribution in [2.75, 3.05) is 13.1 Å². The lowest BCUT2D eigenvalue weighted by Gasteiger charge is -2.38. The van der Waals surface area contributed by atoms with Crippen LogP contribution in [0, 0.1) is 0 Å². The molecule has 1 saturated heterocycles. The summed E-state index contributed by atoms with van der Waals surface area (Å²) in [4.78, 5) is 43.1. The van der Waals surface area contributed by atoms with Crippen molar-refractivity contribution in [3.05, 3.63) is 38.7 Å². The summed E-state index contributed by atoms with van der Waals surface area (Å²) in [7, 11) is 2.97. The van der Waals surface area contributed by atoms with Crippen molar-refractivity contribution >= 4 is 16.9 Å². The van der Waals surface area contributed by atoms with Gasteiger partial charge in [-0.25, -0.2) is 9.78 Å². The Labute approximate surface area is 138 Å². The molecule has 2 atom stereocenters. The topological polar surface area (TPSA) is 89.2 Å². The average molecular weight is 331 g/mol. The minimum Gasteiger partial charge on any atom is -0.333 e. The van der Waals surface area contributed by atoms with E-state index in [1.54, 1.807) is 11.9 Å². The molecule has 8 heteroatoms. The molecule has 8 nitrogen and oxygen atoms in total. The van der Waals surface area contributed by atoms with Gasteiger partial charge in [0.2, 0.25) is 0 Å². The van der Waals surface area contributed by atoms with Gasteiger partial charge in [0.1, 0.15) is 5.65 Å². The van der Waals surface area contributed by atoms with Crippen LogP contribution in [0.15, 0.2) is 21.9 Å². The molecule has 2 unspecified atom stereocenters. The number of aromatic nitrogens is 3. The lowest BCUT2D eigenvalue weighted by Crippen LogP contribution is -2.57. The largest absolute Gasteiger partial charge is 0.333 e. The quantitative estimate of drug-likeness (QED) is 0.758. The molecule has 0 spiro atoms. The van der Waals surface area contributed by atoms with Crippen molar-refractivity contribution in [1.29, 1.82) is 0 Å². The molecular formula is C16H21N5O3. The normalized spacial score (nSPS) is 21.2. The number of carbonyl (C=O) groups excluding carboxylic acids is 1. The summed E-state index contributed by atoms with van der Waals surface area (Å²) in [6.07, 6.45) is 1.43. The Bertz CT molecular complexity index is 930. The van der Waals surface area contributed by atoms with Gasteiger partial charge in [0.15, 0.2) is 0 Å². The van der Waals surface area contributed by atoms with E-state index in [1.165, 1.54) is 23.9 Å². The van der Waals surface area contributed by atoms with Crippen molar-refractivity contribution in [2.45, 2.75) is 25.9 Å². The number of nitrogens with zero attached hydrogens (tertiary/aromatic N) is 4. The highest BCUT2D eigenvalue weighted by Crippen LogP contribution is 2.15. The minimum atomic E-state index is -0.447. The molecular weight excluding hydrogens is 310 g/mol. The molecule has 128 valence electrons. The third kappa shape index (κ3) is 2.43. The number of nitrogens with one attached hydrogen (secondary N) is 1. The predicted octanol–water partition coefficient (Wildman–Crippen LogP) is -0.545. The van der Waals surface area contributed by atoms with E-state index in [2.05, 4.69) is 10.3 Å². The van der Waals surface area contributed by atoms with Crippen LogP contribution in [0.4, 0.5) is 0 Å². The van der Waals surface area contributed by atoms with Crippen molar-refractivity contribution in [3.63, 3.8) is 0 Å². The highest BCUT2D eigenvalue weighted by Gasteiger charge is 2.29. The van der Waals surface area contributed by atoms with E-state index in [9.17, 15) is 14.4 Å². The molecule has 3 heterocycles. The number of aryl methyl sites for hydroxylation is 1. The van der Waals surface area contributed by atoms with Crippen LogP contribution in [0.25, 0.3) is 11.0 Å². The Kier molecular flexibility index (Phi) is 4.00. The molecule has 3 rings (SSSR count). The zero-order valence-electron chi connectivity index (χ0n) is 14.2. The van der Waals surface area contributed by atoms with Gasteiger partial charge in [-0.05, 0) is 19.9 Å². The van der Waals surface area contributed by atoms with Crippen molar-refractivity contribution in [3.8, 4) is 0 Å². The summed E-state index contributed by atoms with van der Waals surface area (Å²) in [5.41, 5.74) is -0.249. The molecule has 1 N–H and O–H groups in total. The Hall–Kier alpha value is -2.48. The van der Waals surface area contributed by atoms with Crippen LogP contribution in [0.2, 0.25) is 0 Å². The zero-order valence-corrected chi connectivity index (χ0v) is 14.2. The molecule has 0 aliphatic carbocycles. The second-order valence-electron chi connectivity index (χ2n) is 6.28. The van der Waals surface area contributed by atoms with Gasteiger partial charge in [-0.15, -0.1) is 0 Å². The first-order chi connectivity index (χ1) is 11.3. The number of pyridine rings is 1. The van der Waals surface area contributed by atoms with E-state index in [4.69, 9.17) is 0 Å². The second-order valence-corrected chi connectivity index (χ2v) is 6.28. The average Bonchev–Trinajstić information content (AvgIpc) is 2.59. The van der Waals surface area contributed by atoms with Crippen LogP contribution in [-0.2, 0) is 14.1 Å². The van der Waals surface area contributed by atoms with Crippen LogP contribution in [0.5, 0.6) is 0 Å². The van der Waals surface area contributed by atoms with Crippen LogP contribution < -0.4 is 16.6 Å². The van der Waals surface area contributed by atoms with E-state index in [0.29, 0.717) is 12.1 Å². The highest BCUT2D eigenvalue weighted by molar-refractivity contribution is 5.97.